The molecule has 1 aliphatic rings. The summed E-state index contributed by atoms with van der Waals surface area (Å²) in [7, 11) is 0. The fourth-order valence-corrected chi connectivity index (χ4v) is 1.77. The lowest BCUT2D eigenvalue weighted by Gasteiger charge is -2.11. The highest BCUT2D eigenvalue weighted by atomic mass is 32.1. The van der Waals surface area contributed by atoms with Crippen LogP contribution in [0.1, 0.15) is 16.8 Å². The molecule has 1 saturated heterocycles. The van der Waals surface area contributed by atoms with Crippen molar-refractivity contribution in [3.63, 3.8) is 0 Å². The second-order valence-electron chi connectivity index (χ2n) is 2.61. The van der Waals surface area contributed by atoms with Crippen LogP contribution in [0, 0.1) is 0 Å². The lowest BCUT2D eigenvalue weighted by atomic mass is 10.3. The van der Waals surface area contributed by atoms with Gasteiger partial charge in [0, 0.05) is 5.38 Å². The van der Waals surface area contributed by atoms with E-state index in [-0.39, 0.29) is 5.91 Å². The van der Waals surface area contributed by atoms with E-state index in [1.807, 2.05) is 16.8 Å². The summed E-state index contributed by atoms with van der Waals surface area (Å²) in [5.74, 6) is -0.0197. The van der Waals surface area contributed by atoms with Crippen molar-refractivity contribution in [1.29, 1.82) is 0 Å². The lowest BCUT2D eigenvalue weighted by Crippen LogP contribution is -2.25. The summed E-state index contributed by atoms with van der Waals surface area (Å²) >= 11 is 1.52. The Bertz CT molecular complexity index is 265. The first kappa shape index (κ1) is 7.76. The maximum absolute atomic E-state index is 11.5. The molecule has 3 nitrogen and oxygen atoms in total. The van der Waals surface area contributed by atoms with Gasteiger partial charge in [-0.15, -0.1) is 0 Å². The Labute approximate surface area is 74.5 Å². The van der Waals surface area contributed by atoms with Crippen molar-refractivity contribution in [3.05, 3.63) is 22.4 Å². The summed E-state index contributed by atoms with van der Waals surface area (Å²) in [5, 5.41) is 5.16. The molecule has 2 rings (SSSR count). The van der Waals surface area contributed by atoms with Gasteiger partial charge in [0.15, 0.2) is 0 Å². The number of carbonyl (C=O) groups excluding carboxylic acids is 1. The molecule has 64 valence electrons. The van der Waals surface area contributed by atoms with E-state index >= 15 is 0 Å². The molecule has 2 heterocycles. The summed E-state index contributed by atoms with van der Waals surface area (Å²) in [4.78, 5) is 16.6. The van der Waals surface area contributed by atoms with Gasteiger partial charge in [0.2, 0.25) is 0 Å². The minimum Gasteiger partial charge on any atom is -0.271 e. The van der Waals surface area contributed by atoms with Crippen LogP contribution in [0.15, 0.2) is 16.8 Å². The van der Waals surface area contributed by atoms with E-state index in [4.69, 9.17) is 4.84 Å². The van der Waals surface area contributed by atoms with Crippen molar-refractivity contribution in [2.24, 2.45) is 0 Å². The Morgan fingerprint density at radius 3 is 3.17 bits per heavy atom. The Kier molecular flexibility index (Phi) is 2.10. The third kappa shape index (κ3) is 1.35. The van der Waals surface area contributed by atoms with Crippen LogP contribution in [0.2, 0.25) is 0 Å². The molecular weight excluding hydrogens is 174 g/mol. The first-order chi connectivity index (χ1) is 5.88. The maximum Gasteiger partial charge on any atom is 0.278 e. The molecule has 0 N–H and O–H groups in total. The molecule has 1 fully saturated rings. The monoisotopic (exact) mass is 183 g/mol. The maximum atomic E-state index is 11.5. The summed E-state index contributed by atoms with van der Waals surface area (Å²) in [6, 6.07) is 1.81. The second kappa shape index (κ2) is 3.25. The fourth-order valence-electron chi connectivity index (χ4n) is 1.14. The molecule has 0 saturated carbocycles. The molecule has 4 heteroatoms. The molecule has 0 bridgehead atoms. The van der Waals surface area contributed by atoms with Crippen LogP contribution >= 0.6 is 11.3 Å². The third-order valence-corrected chi connectivity index (χ3v) is 2.43. The van der Waals surface area contributed by atoms with Gasteiger partial charge in [-0.05, 0) is 17.9 Å². The Morgan fingerprint density at radius 1 is 1.67 bits per heavy atom. The van der Waals surface area contributed by atoms with Gasteiger partial charge in [-0.2, -0.15) is 11.3 Å². The quantitative estimate of drug-likeness (QED) is 0.660. The second-order valence-corrected chi connectivity index (χ2v) is 3.39. The molecule has 1 aromatic rings. The van der Waals surface area contributed by atoms with E-state index in [2.05, 4.69) is 0 Å². The van der Waals surface area contributed by atoms with Crippen LogP contribution in [0.25, 0.3) is 0 Å². The summed E-state index contributed by atoms with van der Waals surface area (Å²) in [5.41, 5.74) is 0.724. The number of thiophene rings is 1. The average Bonchev–Trinajstić information content (AvgIpc) is 2.77. The Morgan fingerprint density at radius 2 is 2.58 bits per heavy atom. The molecule has 1 aromatic heterocycles. The van der Waals surface area contributed by atoms with Crippen molar-refractivity contribution in [1.82, 2.24) is 5.06 Å². The molecule has 0 radical (unpaired) electrons. The van der Waals surface area contributed by atoms with Crippen molar-refractivity contribution in [3.8, 4) is 0 Å². The van der Waals surface area contributed by atoms with E-state index in [1.54, 1.807) is 0 Å². The molecule has 0 aliphatic carbocycles. The Hall–Kier alpha value is -0.870. The molecule has 1 amide bonds. The van der Waals surface area contributed by atoms with Gasteiger partial charge in [0.25, 0.3) is 5.91 Å². The van der Waals surface area contributed by atoms with Crippen LogP contribution in [0.3, 0.4) is 0 Å². The van der Waals surface area contributed by atoms with Crippen LogP contribution in [-0.4, -0.2) is 24.1 Å². The first-order valence-electron chi connectivity index (χ1n) is 3.85. The molecule has 0 aromatic carbocycles. The molecule has 12 heavy (non-hydrogen) atoms. The third-order valence-electron chi connectivity index (χ3n) is 1.75. The minimum absolute atomic E-state index is 0.0197. The average molecular weight is 183 g/mol. The SMILES string of the molecule is O=C(c1ccsc1)N1CCCO1. The van der Waals surface area contributed by atoms with Gasteiger partial charge < -0.3 is 0 Å². The first-order valence-corrected chi connectivity index (χ1v) is 4.79. The van der Waals surface area contributed by atoms with Gasteiger partial charge in [0.1, 0.15) is 0 Å². The van der Waals surface area contributed by atoms with Gasteiger partial charge >= 0.3 is 0 Å². The zero-order valence-corrected chi connectivity index (χ0v) is 7.34. The molecule has 0 atom stereocenters. The van der Waals surface area contributed by atoms with E-state index in [1.165, 1.54) is 16.4 Å². The van der Waals surface area contributed by atoms with E-state index in [0.29, 0.717) is 13.2 Å². The number of amides is 1. The standard InChI is InChI=1S/C8H9NO2S/c10-8(7-2-5-12-6-7)9-3-1-4-11-9/h2,5-6H,1,3-4H2. The minimum atomic E-state index is -0.0197. The normalized spacial score (nSPS) is 16.8. The smallest absolute Gasteiger partial charge is 0.271 e. The number of nitrogens with zero attached hydrogens (tertiary/aromatic N) is 1. The van der Waals surface area contributed by atoms with Crippen LogP contribution in [0.5, 0.6) is 0 Å². The fraction of sp³-hybridized carbons (Fsp3) is 0.375. The summed E-state index contributed by atoms with van der Waals surface area (Å²) < 4.78 is 0. The van der Waals surface area contributed by atoms with Crippen molar-refractivity contribution >= 4 is 17.2 Å². The van der Waals surface area contributed by atoms with Crippen LogP contribution in [0.4, 0.5) is 0 Å². The lowest BCUT2D eigenvalue weighted by molar-refractivity contribution is -0.0768. The van der Waals surface area contributed by atoms with E-state index in [9.17, 15) is 4.79 Å². The predicted octanol–water partition coefficient (Wildman–Crippen LogP) is 1.53. The van der Waals surface area contributed by atoms with Crippen molar-refractivity contribution in [2.75, 3.05) is 13.2 Å². The van der Waals surface area contributed by atoms with Gasteiger partial charge in [-0.3, -0.25) is 9.63 Å². The summed E-state index contributed by atoms with van der Waals surface area (Å²) in [6.07, 6.45) is 0.940. The highest BCUT2D eigenvalue weighted by molar-refractivity contribution is 7.08. The van der Waals surface area contributed by atoms with E-state index in [0.717, 1.165) is 12.0 Å². The highest BCUT2D eigenvalue weighted by Crippen LogP contribution is 2.13. The number of hydroxylamine groups is 2. The number of carbonyl (C=O) groups is 1. The van der Waals surface area contributed by atoms with Gasteiger partial charge in [0.05, 0.1) is 18.7 Å². The Balaban J connectivity index is 2.09. The number of hydrogen-bond acceptors (Lipinski definition) is 3. The topological polar surface area (TPSA) is 29.5 Å². The van der Waals surface area contributed by atoms with Gasteiger partial charge in [-0.1, -0.05) is 0 Å². The van der Waals surface area contributed by atoms with Crippen LogP contribution < -0.4 is 0 Å². The zero-order chi connectivity index (χ0) is 8.39. The van der Waals surface area contributed by atoms with Gasteiger partial charge in [-0.25, -0.2) is 5.06 Å². The molecule has 0 unspecified atom stereocenters. The molecule has 1 aliphatic heterocycles. The molecular formula is C8H9NO2S. The largest absolute Gasteiger partial charge is 0.278 e. The van der Waals surface area contributed by atoms with Crippen LogP contribution in [-0.2, 0) is 4.84 Å². The number of hydrogen-bond donors (Lipinski definition) is 0. The predicted molar refractivity (Wildman–Crippen MR) is 45.9 cm³/mol. The van der Waals surface area contributed by atoms with Crippen molar-refractivity contribution < 1.29 is 9.63 Å². The highest BCUT2D eigenvalue weighted by Gasteiger charge is 2.20. The molecule has 0 spiro atoms. The summed E-state index contributed by atoms with van der Waals surface area (Å²) in [6.45, 7) is 1.38. The van der Waals surface area contributed by atoms with Crippen molar-refractivity contribution in [2.45, 2.75) is 6.42 Å². The zero-order valence-electron chi connectivity index (χ0n) is 6.53. The number of rotatable bonds is 1. The van der Waals surface area contributed by atoms with E-state index < -0.39 is 0 Å².